The first kappa shape index (κ1) is 12.9. The molecule has 6 nitrogen and oxygen atoms in total. The Morgan fingerprint density at radius 2 is 1.29 bits per heavy atom. The summed E-state index contributed by atoms with van der Waals surface area (Å²) in [5.74, 6) is -1.56. The monoisotopic (exact) mass is 206 g/mol. The fraction of sp³-hybridized carbons (Fsp3) is 0.750. The van der Waals surface area contributed by atoms with E-state index < -0.39 is 24.1 Å². The summed E-state index contributed by atoms with van der Waals surface area (Å²) in [7, 11) is 0. The van der Waals surface area contributed by atoms with Crippen molar-refractivity contribution in [2.24, 2.45) is 0 Å². The summed E-state index contributed by atoms with van der Waals surface area (Å²) in [6.07, 6.45) is -2.38. The molecule has 2 N–H and O–H groups in total. The van der Waals surface area contributed by atoms with E-state index in [9.17, 15) is 9.59 Å². The van der Waals surface area contributed by atoms with Gasteiger partial charge in [-0.3, -0.25) is 0 Å². The first-order chi connectivity index (χ1) is 6.45. The van der Waals surface area contributed by atoms with Crippen molar-refractivity contribution < 1.29 is 29.3 Å². The van der Waals surface area contributed by atoms with Crippen LogP contribution in [-0.2, 0) is 19.1 Å². The molecule has 6 heteroatoms. The number of aliphatic hydroxyl groups is 2. The first-order valence-corrected chi connectivity index (χ1v) is 4.14. The second kappa shape index (κ2) is 6.33. The minimum Gasteiger partial charge on any atom is -0.460 e. The lowest BCUT2D eigenvalue weighted by Gasteiger charge is -2.08. The van der Waals surface area contributed by atoms with E-state index in [1.54, 1.807) is 0 Å². The normalized spacial score (nSPS) is 14.3. The standard InChI is InChI=1S/C8H14O6/c1-5(9)7(11)13-3-4-14-8(12)6(2)10/h5-6,9-10H,3-4H2,1-2H3/t5-,6-/m0/s1. The summed E-state index contributed by atoms with van der Waals surface area (Å²) >= 11 is 0. The molecule has 0 heterocycles. The molecular formula is C8H14O6. The zero-order chi connectivity index (χ0) is 11.1. The van der Waals surface area contributed by atoms with Crippen molar-refractivity contribution >= 4 is 11.9 Å². The number of hydrogen-bond acceptors (Lipinski definition) is 6. The van der Waals surface area contributed by atoms with Crippen molar-refractivity contribution in [3.63, 3.8) is 0 Å². The van der Waals surface area contributed by atoms with E-state index in [4.69, 9.17) is 10.2 Å². The molecular weight excluding hydrogens is 192 g/mol. The zero-order valence-electron chi connectivity index (χ0n) is 8.10. The highest BCUT2D eigenvalue weighted by Crippen LogP contribution is 1.89. The van der Waals surface area contributed by atoms with E-state index in [0.717, 1.165) is 0 Å². The van der Waals surface area contributed by atoms with Gasteiger partial charge in [-0.2, -0.15) is 0 Å². The van der Waals surface area contributed by atoms with Crippen LogP contribution in [0, 0.1) is 0 Å². The molecule has 0 aliphatic carbocycles. The largest absolute Gasteiger partial charge is 0.460 e. The number of ether oxygens (including phenoxy) is 2. The number of carbonyl (C=O) groups is 2. The third-order valence-electron chi connectivity index (χ3n) is 1.25. The topological polar surface area (TPSA) is 93.1 Å². The lowest BCUT2D eigenvalue weighted by atomic mass is 10.4. The van der Waals surface area contributed by atoms with Gasteiger partial charge in [-0.1, -0.05) is 0 Å². The van der Waals surface area contributed by atoms with Crippen LogP contribution >= 0.6 is 0 Å². The van der Waals surface area contributed by atoms with Gasteiger partial charge < -0.3 is 19.7 Å². The van der Waals surface area contributed by atoms with Gasteiger partial charge in [0.2, 0.25) is 0 Å². The number of esters is 2. The summed E-state index contributed by atoms with van der Waals surface area (Å²) < 4.78 is 8.97. The molecule has 0 bridgehead atoms. The Hall–Kier alpha value is -1.14. The number of carbonyl (C=O) groups excluding carboxylic acids is 2. The Morgan fingerprint density at radius 3 is 1.50 bits per heavy atom. The molecule has 0 aromatic heterocycles. The van der Waals surface area contributed by atoms with E-state index in [-0.39, 0.29) is 13.2 Å². The van der Waals surface area contributed by atoms with E-state index in [1.807, 2.05) is 0 Å². The Labute approximate surface area is 81.4 Å². The highest BCUT2D eigenvalue weighted by molar-refractivity contribution is 5.74. The van der Waals surface area contributed by atoms with Crippen LogP contribution in [0.3, 0.4) is 0 Å². The van der Waals surface area contributed by atoms with Gasteiger partial charge in [0.1, 0.15) is 25.4 Å². The van der Waals surface area contributed by atoms with Gasteiger partial charge >= 0.3 is 11.9 Å². The van der Waals surface area contributed by atoms with Crippen molar-refractivity contribution in [3.8, 4) is 0 Å². The highest BCUT2D eigenvalue weighted by Gasteiger charge is 2.12. The van der Waals surface area contributed by atoms with Gasteiger partial charge in [0.25, 0.3) is 0 Å². The maximum absolute atomic E-state index is 10.7. The molecule has 0 aromatic carbocycles. The zero-order valence-corrected chi connectivity index (χ0v) is 8.10. The van der Waals surface area contributed by atoms with E-state index >= 15 is 0 Å². The molecule has 82 valence electrons. The fourth-order valence-electron chi connectivity index (χ4n) is 0.526. The van der Waals surface area contributed by atoms with Gasteiger partial charge in [0, 0.05) is 0 Å². The van der Waals surface area contributed by atoms with Gasteiger partial charge in [-0.15, -0.1) is 0 Å². The smallest absolute Gasteiger partial charge is 0.334 e. The molecule has 0 fully saturated rings. The van der Waals surface area contributed by atoms with Crippen molar-refractivity contribution in [1.82, 2.24) is 0 Å². The molecule has 2 atom stereocenters. The molecule has 0 rings (SSSR count). The first-order valence-electron chi connectivity index (χ1n) is 4.14. The number of rotatable bonds is 5. The van der Waals surface area contributed by atoms with Crippen LogP contribution in [0.15, 0.2) is 0 Å². The number of hydrogen-bond donors (Lipinski definition) is 2. The summed E-state index contributed by atoms with van der Waals surface area (Å²) in [5, 5.41) is 17.4. The van der Waals surface area contributed by atoms with E-state index in [2.05, 4.69) is 9.47 Å². The molecule has 0 aliphatic rings. The van der Waals surface area contributed by atoms with Crippen molar-refractivity contribution in [2.75, 3.05) is 13.2 Å². The van der Waals surface area contributed by atoms with Crippen LogP contribution < -0.4 is 0 Å². The van der Waals surface area contributed by atoms with E-state index in [1.165, 1.54) is 13.8 Å². The van der Waals surface area contributed by atoms with Crippen molar-refractivity contribution in [2.45, 2.75) is 26.1 Å². The average Bonchev–Trinajstić information content (AvgIpc) is 2.11. The molecule has 0 radical (unpaired) electrons. The van der Waals surface area contributed by atoms with Crippen LogP contribution in [0.1, 0.15) is 13.8 Å². The fourth-order valence-corrected chi connectivity index (χ4v) is 0.526. The minimum atomic E-state index is -1.19. The molecule has 0 aliphatic heterocycles. The molecule has 0 aromatic rings. The molecule has 0 unspecified atom stereocenters. The summed E-state index contributed by atoms with van der Waals surface area (Å²) in [6, 6.07) is 0. The van der Waals surface area contributed by atoms with Crippen LogP contribution in [0.25, 0.3) is 0 Å². The summed E-state index contributed by atoms with van der Waals surface area (Å²) in [6.45, 7) is 2.26. The van der Waals surface area contributed by atoms with Gasteiger partial charge in [-0.05, 0) is 13.8 Å². The van der Waals surface area contributed by atoms with Crippen LogP contribution in [0.5, 0.6) is 0 Å². The maximum Gasteiger partial charge on any atom is 0.334 e. The highest BCUT2D eigenvalue weighted by atomic mass is 16.6. The Morgan fingerprint density at radius 1 is 1.00 bits per heavy atom. The molecule has 0 spiro atoms. The number of aliphatic hydroxyl groups excluding tert-OH is 2. The van der Waals surface area contributed by atoms with Crippen molar-refractivity contribution in [3.05, 3.63) is 0 Å². The second-order valence-electron chi connectivity index (χ2n) is 2.69. The van der Waals surface area contributed by atoms with Gasteiger partial charge in [-0.25, -0.2) is 9.59 Å². The lowest BCUT2D eigenvalue weighted by Crippen LogP contribution is -2.24. The molecule has 14 heavy (non-hydrogen) atoms. The Kier molecular flexibility index (Phi) is 5.82. The van der Waals surface area contributed by atoms with E-state index in [0.29, 0.717) is 0 Å². The average molecular weight is 206 g/mol. The molecule has 0 saturated heterocycles. The van der Waals surface area contributed by atoms with Gasteiger partial charge in [0.05, 0.1) is 0 Å². The Bertz CT molecular complexity index is 176. The molecule has 0 amide bonds. The van der Waals surface area contributed by atoms with Crippen LogP contribution in [0.4, 0.5) is 0 Å². The predicted octanol–water partition coefficient (Wildman–Crippen LogP) is -1.17. The van der Waals surface area contributed by atoms with Crippen LogP contribution in [0.2, 0.25) is 0 Å². The third-order valence-corrected chi connectivity index (χ3v) is 1.25. The van der Waals surface area contributed by atoms with Crippen molar-refractivity contribution in [1.29, 1.82) is 0 Å². The maximum atomic E-state index is 10.7. The SMILES string of the molecule is C[C@H](O)C(=O)OCCOC(=O)[C@H](C)O. The van der Waals surface area contributed by atoms with Gasteiger partial charge in [0.15, 0.2) is 0 Å². The Balaban J connectivity index is 3.48. The second-order valence-corrected chi connectivity index (χ2v) is 2.69. The summed E-state index contributed by atoms with van der Waals surface area (Å²) in [5.41, 5.74) is 0. The van der Waals surface area contributed by atoms with Crippen LogP contribution in [-0.4, -0.2) is 47.6 Å². The minimum absolute atomic E-state index is 0.137. The predicted molar refractivity (Wildman–Crippen MR) is 45.3 cm³/mol. The quantitative estimate of drug-likeness (QED) is 0.435. The lowest BCUT2D eigenvalue weighted by molar-refractivity contribution is -0.161. The third kappa shape index (κ3) is 5.50. The molecule has 0 saturated carbocycles. The summed E-state index contributed by atoms with van der Waals surface area (Å²) in [4.78, 5) is 21.3.